The zero-order valence-corrected chi connectivity index (χ0v) is 13.3. The van der Waals surface area contributed by atoms with Gasteiger partial charge in [-0.15, -0.1) is 0 Å². The molecule has 0 aliphatic heterocycles. The number of H-pyrrole nitrogens is 1. The van der Waals surface area contributed by atoms with Crippen LogP contribution in [0.25, 0.3) is 10.9 Å². The molecule has 6 heteroatoms. The quantitative estimate of drug-likeness (QED) is 0.681. The van der Waals surface area contributed by atoms with Crippen LogP contribution in [-0.4, -0.2) is 23.4 Å². The molecule has 0 saturated carbocycles. The first-order chi connectivity index (χ1) is 11.0. The molecule has 3 aromatic rings. The van der Waals surface area contributed by atoms with E-state index in [1.165, 1.54) is 25.5 Å². The molecule has 118 valence electrons. The zero-order chi connectivity index (χ0) is 16.6. The maximum atomic E-state index is 13.4. The Morgan fingerprint density at radius 3 is 2.83 bits per heavy atom. The fourth-order valence-corrected chi connectivity index (χ4v) is 2.50. The van der Waals surface area contributed by atoms with E-state index in [0.29, 0.717) is 32.9 Å². The molecule has 0 unspecified atom stereocenters. The third-order valence-electron chi connectivity index (χ3n) is 3.57. The highest BCUT2D eigenvalue weighted by atomic mass is 35.5. The van der Waals surface area contributed by atoms with Crippen LogP contribution < -0.4 is 4.74 Å². The molecule has 0 bridgehead atoms. The van der Waals surface area contributed by atoms with Gasteiger partial charge < -0.3 is 14.8 Å². The Morgan fingerprint density at radius 2 is 2.09 bits per heavy atom. The van der Waals surface area contributed by atoms with Crippen molar-refractivity contribution in [1.82, 2.24) is 4.98 Å². The largest absolute Gasteiger partial charge is 0.494 e. The van der Waals surface area contributed by atoms with Gasteiger partial charge in [0.2, 0.25) is 0 Å². The minimum absolute atomic E-state index is 0.0704. The summed E-state index contributed by atoms with van der Waals surface area (Å²) in [5.74, 6) is 0.0624. The molecular formula is C17H14ClFN2O2. The van der Waals surface area contributed by atoms with Gasteiger partial charge in [0.05, 0.1) is 12.7 Å². The van der Waals surface area contributed by atoms with E-state index in [0.717, 1.165) is 5.56 Å². The number of hydrogen-bond donors (Lipinski definition) is 2. The Labute approximate surface area is 137 Å². The van der Waals surface area contributed by atoms with Crippen molar-refractivity contribution in [2.45, 2.75) is 6.92 Å². The number of fused-ring (bicyclic) bond motifs is 1. The fourth-order valence-electron chi connectivity index (χ4n) is 2.35. The molecule has 0 atom stereocenters. The highest BCUT2D eigenvalue weighted by molar-refractivity contribution is 6.31. The van der Waals surface area contributed by atoms with Crippen LogP contribution in [0.2, 0.25) is 5.02 Å². The van der Waals surface area contributed by atoms with Crippen molar-refractivity contribution >= 4 is 34.4 Å². The zero-order valence-electron chi connectivity index (χ0n) is 12.5. The van der Waals surface area contributed by atoms with Crippen molar-refractivity contribution in [3.8, 4) is 11.6 Å². The minimum atomic E-state index is -0.383. The number of benzene rings is 2. The van der Waals surface area contributed by atoms with E-state index < -0.39 is 0 Å². The third-order valence-corrected chi connectivity index (χ3v) is 3.98. The van der Waals surface area contributed by atoms with Crippen molar-refractivity contribution in [3.05, 3.63) is 52.3 Å². The topological polar surface area (TPSA) is 57.6 Å². The Hall–Kier alpha value is -2.53. The summed E-state index contributed by atoms with van der Waals surface area (Å²) < 4.78 is 18.7. The second-order valence-electron chi connectivity index (χ2n) is 5.11. The fraction of sp³-hybridized carbons (Fsp3) is 0.118. The smallest absolute Gasteiger partial charge is 0.198 e. The van der Waals surface area contributed by atoms with Gasteiger partial charge in [-0.2, -0.15) is 0 Å². The Morgan fingerprint density at radius 1 is 1.30 bits per heavy atom. The summed E-state index contributed by atoms with van der Waals surface area (Å²) in [5.41, 5.74) is 2.46. The van der Waals surface area contributed by atoms with Crippen LogP contribution in [-0.2, 0) is 0 Å². The van der Waals surface area contributed by atoms with Gasteiger partial charge in [-0.05, 0) is 36.8 Å². The van der Waals surface area contributed by atoms with Crippen LogP contribution in [0.5, 0.6) is 11.6 Å². The van der Waals surface area contributed by atoms with Crippen molar-refractivity contribution in [3.63, 3.8) is 0 Å². The molecule has 3 rings (SSSR count). The number of aryl methyl sites for hydroxylation is 1. The van der Waals surface area contributed by atoms with Crippen LogP contribution in [0.3, 0.4) is 0 Å². The highest BCUT2D eigenvalue weighted by Gasteiger charge is 2.11. The summed E-state index contributed by atoms with van der Waals surface area (Å²) in [6.45, 7) is 1.86. The number of nitrogens with one attached hydrogen (secondary N) is 1. The lowest BCUT2D eigenvalue weighted by Gasteiger charge is -2.07. The second-order valence-corrected chi connectivity index (χ2v) is 5.52. The number of aromatic nitrogens is 1. The van der Waals surface area contributed by atoms with Crippen LogP contribution in [0, 0.1) is 12.7 Å². The predicted molar refractivity (Wildman–Crippen MR) is 89.9 cm³/mol. The van der Waals surface area contributed by atoms with Gasteiger partial charge in [0.15, 0.2) is 5.88 Å². The summed E-state index contributed by atoms with van der Waals surface area (Å²) >= 11 is 6.07. The van der Waals surface area contributed by atoms with E-state index in [-0.39, 0.29) is 11.7 Å². The maximum absolute atomic E-state index is 13.4. The number of hydrogen-bond acceptors (Lipinski definition) is 3. The van der Waals surface area contributed by atoms with E-state index >= 15 is 0 Å². The van der Waals surface area contributed by atoms with E-state index in [1.807, 2.05) is 6.92 Å². The van der Waals surface area contributed by atoms with E-state index in [2.05, 4.69) is 9.98 Å². The number of aromatic amines is 1. The number of halogens is 2. The van der Waals surface area contributed by atoms with E-state index in [4.69, 9.17) is 16.3 Å². The summed E-state index contributed by atoms with van der Waals surface area (Å²) in [6, 6.07) is 7.69. The molecule has 0 aliphatic rings. The lowest BCUT2D eigenvalue weighted by Crippen LogP contribution is -1.87. The molecular weight excluding hydrogens is 319 g/mol. The Kier molecular flexibility index (Phi) is 3.96. The van der Waals surface area contributed by atoms with E-state index in [1.54, 1.807) is 18.2 Å². The standard InChI is InChI=1S/C17H14ClFN2O2/c1-9-5-15(16(23-2)7-13(9)18)20-8-12-11-6-10(19)3-4-14(11)21-17(12)22/h3-8,21-22H,1-2H3. The molecule has 0 spiro atoms. The minimum Gasteiger partial charge on any atom is -0.494 e. The van der Waals surface area contributed by atoms with Crippen LogP contribution in [0.1, 0.15) is 11.1 Å². The number of methoxy groups -OCH3 is 1. The van der Waals surface area contributed by atoms with Crippen molar-refractivity contribution in [2.75, 3.05) is 7.11 Å². The summed E-state index contributed by atoms with van der Waals surface area (Å²) in [4.78, 5) is 7.14. The number of rotatable bonds is 3. The lowest BCUT2D eigenvalue weighted by atomic mass is 10.1. The molecule has 23 heavy (non-hydrogen) atoms. The summed E-state index contributed by atoms with van der Waals surface area (Å²) in [5, 5.41) is 11.1. The number of aromatic hydroxyl groups is 1. The molecule has 4 nitrogen and oxygen atoms in total. The SMILES string of the molecule is COc1cc(Cl)c(C)cc1N=Cc1c(O)[nH]c2ccc(F)cc12. The maximum Gasteiger partial charge on any atom is 0.198 e. The van der Waals surface area contributed by atoms with E-state index in [9.17, 15) is 9.50 Å². The van der Waals surface area contributed by atoms with Crippen LogP contribution in [0.15, 0.2) is 35.3 Å². The highest BCUT2D eigenvalue weighted by Crippen LogP contribution is 2.34. The van der Waals surface area contributed by atoms with Crippen molar-refractivity contribution < 1.29 is 14.2 Å². The average molecular weight is 333 g/mol. The van der Waals surface area contributed by atoms with Gasteiger partial charge in [-0.3, -0.25) is 4.99 Å². The molecule has 1 heterocycles. The van der Waals surface area contributed by atoms with Gasteiger partial charge in [-0.25, -0.2) is 4.39 Å². The Bertz CT molecular complexity index is 919. The first kappa shape index (κ1) is 15.4. The average Bonchev–Trinajstić information content (AvgIpc) is 2.83. The van der Waals surface area contributed by atoms with Gasteiger partial charge in [-0.1, -0.05) is 11.6 Å². The van der Waals surface area contributed by atoms with Crippen LogP contribution >= 0.6 is 11.6 Å². The van der Waals surface area contributed by atoms with Gasteiger partial charge in [0.25, 0.3) is 0 Å². The molecule has 2 N–H and O–H groups in total. The van der Waals surface area contributed by atoms with Gasteiger partial charge >= 0.3 is 0 Å². The number of ether oxygens (including phenoxy) is 1. The second kappa shape index (κ2) is 5.93. The van der Waals surface area contributed by atoms with Gasteiger partial charge in [0.1, 0.15) is 17.3 Å². The Balaban J connectivity index is 2.09. The molecule has 2 aromatic carbocycles. The predicted octanol–water partition coefficient (Wildman–Crippen LogP) is 4.73. The number of aliphatic imine (C=N–C) groups is 1. The first-order valence-corrected chi connectivity index (χ1v) is 7.26. The number of nitrogens with zero attached hydrogens (tertiary/aromatic N) is 1. The third kappa shape index (κ3) is 2.87. The first-order valence-electron chi connectivity index (χ1n) is 6.88. The molecule has 0 radical (unpaired) electrons. The van der Waals surface area contributed by atoms with Crippen molar-refractivity contribution in [2.24, 2.45) is 4.99 Å². The molecule has 0 amide bonds. The molecule has 1 aromatic heterocycles. The molecule has 0 saturated heterocycles. The van der Waals surface area contributed by atoms with Gasteiger partial charge in [0, 0.05) is 28.2 Å². The molecule has 0 aliphatic carbocycles. The molecule has 0 fully saturated rings. The van der Waals surface area contributed by atoms with Crippen molar-refractivity contribution in [1.29, 1.82) is 0 Å². The summed E-state index contributed by atoms with van der Waals surface area (Å²) in [6.07, 6.45) is 1.47. The lowest BCUT2D eigenvalue weighted by molar-refractivity contribution is 0.416. The summed E-state index contributed by atoms with van der Waals surface area (Å²) in [7, 11) is 1.53. The normalized spacial score (nSPS) is 11.5. The van der Waals surface area contributed by atoms with Crippen LogP contribution in [0.4, 0.5) is 10.1 Å². The monoisotopic (exact) mass is 332 g/mol.